The molecule has 6 nitrogen and oxygen atoms in total. The van der Waals surface area contributed by atoms with Gasteiger partial charge in [0, 0.05) is 25.7 Å². The van der Waals surface area contributed by atoms with Crippen LogP contribution >= 0.6 is 0 Å². The predicted molar refractivity (Wildman–Crippen MR) is 92.1 cm³/mol. The zero-order chi connectivity index (χ0) is 17.8. The largest absolute Gasteiger partial charge is 0.461 e. The van der Waals surface area contributed by atoms with E-state index in [1.807, 2.05) is 48.0 Å². The van der Waals surface area contributed by atoms with Crippen LogP contribution in [-0.2, 0) is 36.1 Å². The maximum atomic E-state index is 12.3. The van der Waals surface area contributed by atoms with Crippen LogP contribution in [0.15, 0.2) is 36.4 Å². The van der Waals surface area contributed by atoms with Gasteiger partial charge in [-0.1, -0.05) is 30.3 Å². The third-order valence-electron chi connectivity index (χ3n) is 4.38. The van der Waals surface area contributed by atoms with Gasteiger partial charge in [0.1, 0.15) is 12.3 Å². The number of esters is 1. The normalized spacial score (nSPS) is 13.3. The highest BCUT2D eigenvalue weighted by atomic mass is 16.6. The van der Waals surface area contributed by atoms with E-state index in [9.17, 15) is 9.59 Å². The first-order valence-electron chi connectivity index (χ1n) is 8.40. The van der Waals surface area contributed by atoms with Gasteiger partial charge in [0.05, 0.1) is 13.2 Å². The van der Waals surface area contributed by atoms with Crippen molar-refractivity contribution < 1.29 is 19.1 Å². The highest BCUT2D eigenvalue weighted by molar-refractivity contribution is 5.88. The number of carbonyl (C=O) groups is 2. The zero-order valence-electron chi connectivity index (χ0n) is 14.5. The number of benzene rings is 1. The molecule has 2 aromatic rings. The van der Waals surface area contributed by atoms with Crippen molar-refractivity contribution >= 4 is 12.1 Å². The van der Waals surface area contributed by atoms with Gasteiger partial charge in [0.25, 0.3) is 0 Å². The molecule has 1 amide bonds. The highest BCUT2D eigenvalue weighted by Gasteiger charge is 2.27. The van der Waals surface area contributed by atoms with Crippen molar-refractivity contribution in [2.24, 2.45) is 7.05 Å². The van der Waals surface area contributed by atoms with E-state index in [1.165, 1.54) is 0 Å². The van der Waals surface area contributed by atoms with Crippen LogP contribution in [0.25, 0.3) is 0 Å². The van der Waals surface area contributed by atoms with Crippen molar-refractivity contribution in [3.05, 3.63) is 58.9 Å². The quantitative estimate of drug-likeness (QED) is 0.802. The highest BCUT2D eigenvalue weighted by Crippen LogP contribution is 2.23. The summed E-state index contributed by atoms with van der Waals surface area (Å²) in [6.07, 6.45) is 0.349. The molecular weight excluding hydrogens is 320 g/mol. The second-order valence-electron chi connectivity index (χ2n) is 5.99. The number of amides is 1. The molecule has 0 spiro atoms. The Balaban J connectivity index is 1.65. The van der Waals surface area contributed by atoms with Crippen LogP contribution in [0.1, 0.15) is 34.2 Å². The van der Waals surface area contributed by atoms with Crippen LogP contribution in [-0.4, -0.2) is 34.7 Å². The number of nitrogens with zero attached hydrogens (tertiary/aromatic N) is 2. The first kappa shape index (κ1) is 17.1. The lowest BCUT2D eigenvalue weighted by molar-refractivity contribution is 0.0514. The molecule has 0 bridgehead atoms. The zero-order valence-corrected chi connectivity index (χ0v) is 14.5. The summed E-state index contributed by atoms with van der Waals surface area (Å²) in [6, 6.07) is 11.4. The lowest BCUT2D eigenvalue weighted by atomic mass is 10.1. The molecule has 0 aliphatic carbocycles. The Bertz CT molecular complexity index is 767. The molecule has 25 heavy (non-hydrogen) atoms. The van der Waals surface area contributed by atoms with E-state index in [4.69, 9.17) is 9.47 Å². The summed E-state index contributed by atoms with van der Waals surface area (Å²) in [5.41, 5.74) is 3.51. The summed E-state index contributed by atoms with van der Waals surface area (Å²) in [4.78, 5) is 26.0. The topological polar surface area (TPSA) is 60.8 Å². The Hall–Kier alpha value is -2.76. The number of ether oxygens (including phenoxy) is 2. The molecular formula is C19H22N2O4. The summed E-state index contributed by atoms with van der Waals surface area (Å²) < 4.78 is 12.3. The van der Waals surface area contributed by atoms with Crippen molar-refractivity contribution in [3.63, 3.8) is 0 Å². The van der Waals surface area contributed by atoms with Gasteiger partial charge in [-0.2, -0.15) is 0 Å². The third-order valence-corrected chi connectivity index (χ3v) is 4.38. The van der Waals surface area contributed by atoms with Gasteiger partial charge in [-0.15, -0.1) is 0 Å². The van der Waals surface area contributed by atoms with Gasteiger partial charge in [-0.3, -0.25) is 0 Å². The van der Waals surface area contributed by atoms with Gasteiger partial charge in [0.15, 0.2) is 0 Å². The molecule has 2 heterocycles. The van der Waals surface area contributed by atoms with Crippen LogP contribution in [0.3, 0.4) is 0 Å². The monoisotopic (exact) mass is 342 g/mol. The Morgan fingerprint density at radius 3 is 2.64 bits per heavy atom. The molecule has 1 aliphatic rings. The summed E-state index contributed by atoms with van der Waals surface area (Å²) in [5, 5.41) is 0. The fourth-order valence-electron chi connectivity index (χ4n) is 3.06. The number of rotatable bonds is 4. The molecule has 1 aliphatic heterocycles. The molecule has 0 unspecified atom stereocenters. The number of aromatic nitrogens is 1. The van der Waals surface area contributed by atoms with Crippen LogP contribution in [0.4, 0.5) is 4.79 Å². The molecule has 132 valence electrons. The van der Waals surface area contributed by atoms with Crippen LogP contribution < -0.4 is 0 Å². The second kappa shape index (κ2) is 7.42. The molecule has 6 heteroatoms. The lowest BCUT2D eigenvalue weighted by Gasteiger charge is -2.27. The first-order chi connectivity index (χ1) is 12.1. The van der Waals surface area contributed by atoms with Gasteiger partial charge < -0.3 is 18.9 Å². The Kier molecular flexibility index (Phi) is 5.07. The van der Waals surface area contributed by atoms with E-state index in [1.54, 1.807) is 11.8 Å². The Morgan fingerprint density at radius 1 is 1.16 bits per heavy atom. The smallest absolute Gasteiger partial charge is 0.410 e. The van der Waals surface area contributed by atoms with Crippen LogP contribution in [0.2, 0.25) is 0 Å². The fourth-order valence-corrected chi connectivity index (χ4v) is 3.06. The number of hydrogen-bond acceptors (Lipinski definition) is 4. The van der Waals surface area contributed by atoms with Crippen molar-refractivity contribution in [1.29, 1.82) is 0 Å². The number of fused-ring (bicyclic) bond motifs is 1. The van der Waals surface area contributed by atoms with Crippen LogP contribution in [0, 0.1) is 0 Å². The molecule has 3 rings (SSSR count). The van der Waals surface area contributed by atoms with E-state index >= 15 is 0 Å². The molecule has 0 atom stereocenters. The van der Waals surface area contributed by atoms with Gasteiger partial charge >= 0.3 is 12.1 Å². The molecule has 0 fully saturated rings. The molecule has 0 saturated heterocycles. The average Bonchev–Trinajstić information content (AvgIpc) is 2.97. The summed E-state index contributed by atoms with van der Waals surface area (Å²) in [5.74, 6) is -0.336. The minimum atomic E-state index is -0.337. The van der Waals surface area contributed by atoms with Crippen molar-refractivity contribution in [3.8, 4) is 0 Å². The molecule has 1 aromatic carbocycles. The van der Waals surface area contributed by atoms with E-state index in [0.29, 0.717) is 31.8 Å². The van der Waals surface area contributed by atoms with Gasteiger partial charge in [-0.05, 0) is 24.1 Å². The molecule has 0 radical (unpaired) electrons. The average molecular weight is 342 g/mol. The summed E-state index contributed by atoms with van der Waals surface area (Å²) in [6.45, 7) is 3.39. The minimum absolute atomic E-state index is 0.256. The van der Waals surface area contributed by atoms with Crippen molar-refractivity contribution in [1.82, 2.24) is 9.47 Å². The van der Waals surface area contributed by atoms with E-state index in [2.05, 4.69) is 0 Å². The summed E-state index contributed by atoms with van der Waals surface area (Å²) >= 11 is 0. The maximum Gasteiger partial charge on any atom is 0.410 e. The van der Waals surface area contributed by atoms with Crippen LogP contribution in [0.5, 0.6) is 0 Å². The maximum absolute atomic E-state index is 12.3. The van der Waals surface area contributed by atoms with E-state index in [0.717, 1.165) is 16.8 Å². The number of carbonyl (C=O) groups excluding carboxylic acids is 2. The SMILES string of the molecule is CCOC(=O)c1cc2c(n1C)CCN(C(=O)OCc1ccccc1)C2. The molecule has 0 N–H and O–H groups in total. The Labute approximate surface area is 146 Å². The van der Waals surface area contributed by atoms with Crippen molar-refractivity contribution in [2.45, 2.75) is 26.5 Å². The minimum Gasteiger partial charge on any atom is -0.461 e. The predicted octanol–water partition coefficient (Wildman–Crippen LogP) is 2.90. The first-order valence-corrected chi connectivity index (χ1v) is 8.40. The Morgan fingerprint density at radius 2 is 1.92 bits per heavy atom. The fraction of sp³-hybridized carbons (Fsp3) is 0.368. The van der Waals surface area contributed by atoms with Crippen molar-refractivity contribution in [2.75, 3.05) is 13.2 Å². The second-order valence-corrected chi connectivity index (χ2v) is 5.99. The third kappa shape index (κ3) is 3.68. The van der Waals surface area contributed by atoms with E-state index in [-0.39, 0.29) is 18.7 Å². The summed E-state index contributed by atoms with van der Waals surface area (Å²) in [7, 11) is 1.86. The number of hydrogen-bond donors (Lipinski definition) is 0. The standard InChI is InChI=1S/C19H22N2O4/c1-3-24-18(22)17-11-15-12-21(10-9-16(15)20(17)2)19(23)25-13-14-7-5-4-6-8-14/h4-8,11H,3,9-10,12-13H2,1-2H3. The molecule has 0 saturated carbocycles. The van der Waals surface area contributed by atoms with Gasteiger partial charge in [0.2, 0.25) is 0 Å². The molecule has 1 aromatic heterocycles. The van der Waals surface area contributed by atoms with Gasteiger partial charge in [-0.25, -0.2) is 9.59 Å². The lowest BCUT2D eigenvalue weighted by Crippen LogP contribution is -2.36. The van der Waals surface area contributed by atoms with E-state index < -0.39 is 0 Å².